The van der Waals surface area contributed by atoms with Crippen LogP contribution in [0.2, 0.25) is 0 Å². The van der Waals surface area contributed by atoms with Gasteiger partial charge in [0.25, 0.3) is 0 Å². The van der Waals surface area contributed by atoms with E-state index >= 15 is 0 Å². The lowest BCUT2D eigenvalue weighted by molar-refractivity contribution is -0.132. The van der Waals surface area contributed by atoms with Crippen molar-refractivity contribution in [2.45, 2.75) is 50.4 Å². The van der Waals surface area contributed by atoms with Crippen molar-refractivity contribution in [1.82, 2.24) is 10.2 Å². The summed E-state index contributed by atoms with van der Waals surface area (Å²) in [5, 5.41) is 23.4. The average Bonchev–Trinajstić information content (AvgIpc) is 3.61. The smallest absolute Gasteiger partial charge is 0.247 e. The second-order valence-corrected chi connectivity index (χ2v) is 9.15. The molecule has 3 aliphatic rings. The molecule has 4 rings (SSSR count). The molecule has 1 fully saturated rings. The second-order valence-electron chi connectivity index (χ2n) is 9.15. The zero-order valence-electron chi connectivity index (χ0n) is 20.0. The second kappa shape index (κ2) is 10.6. The number of allylic oxidation sites excluding steroid dienone is 1. The number of rotatable bonds is 10. The summed E-state index contributed by atoms with van der Waals surface area (Å²) >= 11 is 0. The number of amides is 2. The van der Waals surface area contributed by atoms with Crippen LogP contribution in [0.1, 0.15) is 48.0 Å². The van der Waals surface area contributed by atoms with Crippen molar-refractivity contribution < 1.29 is 34.1 Å². The van der Waals surface area contributed by atoms with Crippen LogP contribution in [-0.2, 0) is 9.59 Å². The van der Waals surface area contributed by atoms with Crippen molar-refractivity contribution >= 4 is 18.1 Å². The third-order valence-corrected chi connectivity index (χ3v) is 6.70. The minimum atomic E-state index is -1.12. The maximum absolute atomic E-state index is 13.2. The number of nitrogens with one attached hydrogen (secondary N) is 1. The van der Waals surface area contributed by atoms with Crippen LogP contribution in [0, 0.1) is 5.92 Å². The predicted molar refractivity (Wildman–Crippen MR) is 127 cm³/mol. The van der Waals surface area contributed by atoms with Crippen LogP contribution in [0.15, 0.2) is 35.9 Å². The Kier molecular flexibility index (Phi) is 7.57. The van der Waals surface area contributed by atoms with Gasteiger partial charge in [0.05, 0.1) is 25.7 Å². The molecule has 3 N–H and O–H groups in total. The average molecular weight is 485 g/mol. The lowest BCUT2D eigenvalue weighted by Crippen LogP contribution is -2.56. The number of aldehydes is 1. The molecule has 0 spiro atoms. The van der Waals surface area contributed by atoms with Gasteiger partial charge in [0, 0.05) is 29.8 Å². The van der Waals surface area contributed by atoms with E-state index < -0.39 is 30.1 Å². The lowest BCUT2D eigenvalue weighted by atomic mass is 9.77. The monoisotopic (exact) mass is 484 g/mol. The van der Waals surface area contributed by atoms with Crippen molar-refractivity contribution in [3.05, 3.63) is 47.1 Å². The van der Waals surface area contributed by atoms with E-state index in [2.05, 4.69) is 5.32 Å². The number of nitrogens with zero attached hydrogens (tertiary/aromatic N) is 1. The maximum Gasteiger partial charge on any atom is 0.247 e. The Bertz CT molecular complexity index is 1050. The van der Waals surface area contributed by atoms with E-state index in [1.807, 2.05) is 6.92 Å². The molecule has 4 atom stereocenters. The van der Waals surface area contributed by atoms with Gasteiger partial charge in [-0.05, 0) is 49.5 Å². The Hall–Kier alpha value is -3.17. The van der Waals surface area contributed by atoms with Gasteiger partial charge in [0.15, 0.2) is 11.5 Å². The van der Waals surface area contributed by atoms with Crippen LogP contribution >= 0.6 is 0 Å². The van der Waals surface area contributed by atoms with Gasteiger partial charge in [0.2, 0.25) is 11.8 Å². The molecule has 35 heavy (non-hydrogen) atoms. The number of benzene rings is 1. The van der Waals surface area contributed by atoms with E-state index in [1.54, 1.807) is 29.2 Å². The van der Waals surface area contributed by atoms with Crippen molar-refractivity contribution in [3.8, 4) is 11.5 Å². The molecule has 0 aromatic heterocycles. The Morgan fingerprint density at radius 1 is 1.31 bits per heavy atom. The first-order chi connectivity index (χ1) is 16.9. The minimum Gasteiger partial charge on any atom is -0.493 e. The normalized spacial score (nSPS) is 24.7. The molecule has 1 aromatic carbocycles. The highest BCUT2D eigenvalue weighted by molar-refractivity contribution is 5.97. The summed E-state index contributed by atoms with van der Waals surface area (Å²) in [7, 11) is 1.45. The lowest BCUT2D eigenvalue weighted by Gasteiger charge is -2.40. The molecule has 9 heteroatoms. The molecule has 188 valence electrons. The van der Waals surface area contributed by atoms with Gasteiger partial charge in [-0.1, -0.05) is 13.0 Å². The largest absolute Gasteiger partial charge is 0.493 e. The fraction of sp³-hybridized carbons (Fsp3) is 0.500. The third kappa shape index (κ3) is 4.97. The Morgan fingerprint density at radius 2 is 2.09 bits per heavy atom. The molecular formula is C26H32N2O7. The summed E-state index contributed by atoms with van der Waals surface area (Å²) in [6, 6.07) is 2.39. The molecule has 1 aliphatic heterocycles. The van der Waals surface area contributed by atoms with Gasteiger partial charge in [-0.15, -0.1) is 0 Å². The number of aliphatic hydroxyl groups is 2. The fourth-order valence-corrected chi connectivity index (χ4v) is 4.81. The highest BCUT2D eigenvalue weighted by atomic mass is 16.5. The molecule has 0 bridgehead atoms. The van der Waals surface area contributed by atoms with E-state index in [0.29, 0.717) is 53.4 Å². The molecule has 1 saturated carbocycles. The van der Waals surface area contributed by atoms with Gasteiger partial charge in [-0.2, -0.15) is 0 Å². The Balaban J connectivity index is 1.79. The van der Waals surface area contributed by atoms with Crippen molar-refractivity contribution in [3.63, 3.8) is 0 Å². The highest BCUT2D eigenvalue weighted by Crippen LogP contribution is 2.51. The number of ether oxygens (including phenoxy) is 2. The first kappa shape index (κ1) is 24.9. The quantitative estimate of drug-likeness (QED) is 0.338. The summed E-state index contributed by atoms with van der Waals surface area (Å²) in [5.74, 6) is -0.289. The van der Waals surface area contributed by atoms with E-state index in [-0.39, 0.29) is 19.1 Å². The van der Waals surface area contributed by atoms with Gasteiger partial charge in [-0.25, -0.2) is 0 Å². The third-order valence-electron chi connectivity index (χ3n) is 6.70. The van der Waals surface area contributed by atoms with E-state index in [0.717, 1.165) is 12.8 Å². The van der Waals surface area contributed by atoms with Gasteiger partial charge >= 0.3 is 0 Å². The number of aliphatic hydroxyl groups excluding tert-OH is 2. The van der Waals surface area contributed by atoms with Crippen LogP contribution in [-0.4, -0.2) is 78.3 Å². The fourth-order valence-electron chi connectivity index (χ4n) is 4.81. The molecule has 0 saturated heterocycles. The summed E-state index contributed by atoms with van der Waals surface area (Å²) < 4.78 is 11.6. The SMILES string of the molecule is CCC=CC(=O)N(CC1CC1)[C@@H]1C=C(C(=O)NCCO)[C@@H]2c3cc(C=O)cc(OC)c3O[C@@H]2[C@H]1O. The van der Waals surface area contributed by atoms with Gasteiger partial charge in [-0.3, -0.25) is 14.4 Å². The maximum atomic E-state index is 13.2. The Labute approximate surface area is 204 Å². The van der Waals surface area contributed by atoms with Crippen molar-refractivity contribution in [1.29, 1.82) is 0 Å². The zero-order valence-corrected chi connectivity index (χ0v) is 20.0. The molecule has 2 amide bonds. The first-order valence-corrected chi connectivity index (χ1v) is 12.0. The summed E-state index contributed by atoms with van der Waals surface area (Å²) in [6.45, 7) is 2.22. The van der Waals surface area contributed by atoms with Crippen LogP contribution in [0.4, 0.5) is 0 Å². The van der Waals surface area contributed by atoms with Crippen molar-refractivity contribution in [2.75, 3.05) is 26.8 Å². The number of hydrogen-bond donors (Lipinski definition) is 3. The highest BCUT2D eigenvalue weighted by Gasteiger charge is 2.51. The summed E-state index contributed by atoms with van der Waals surface area (Å²) in [6.07, 6.45) is 6.33. The standard InChI is InChI=1S/C26H32N2O7/c1-3-4-5-21(31)28(13-15-6-7-15)19-12-18(26(33)27-8-9-29)22-17-10-16(14-30)11-20(34-2)24(17)35-25(22)23(19)32/h4-5,10-12,14-15,19,22-23,25,29,32H,3,6-9,13H2,1-2H3,(H,27,33)/t19-,22+,23+,25+/m1/s1. The van der Waals surface area contributed by atoms with Gasteiger partial charge in [0.1, 0.15) is 18.5 Å². The molecule has 0 unspecified atom stereocenters. The van der Waals surface area contributed by atoms with Gasteiger partial charge < -0.3 is 29.9 Å². The van der Waals surface area contributed by atoms with E-state index in [1.165, 1.54) is 13.2 Å². The summed E-state index contributed by atoms with van der Waals surface area (Å²) in [5.41, 5.74) is 1.23. The molecule has 0 radical (unpaired) electrons. The predicted octanol–water partition coefficient (Wildman–Crippen LogP) is 1.34. The molecular weight excluding hydrogens is 452 g/mol. The Morgan fingerprint density at radius 3 is 2.71 bits per heavy atom. The van der Waals surface area contributed by atoms with E-state index in [4.69, 9.17) is 9.47 Å². The number of methoxy groups -OCH3 is 1. The molecule has 1 aromatic rings. The van der Waals surface area contributed by atoms with Crippen LogP contribution in [0.3, 0.4) is 0 Å². The number of hydrogen-bond acceptors (Lipinski definition) is 7. The topological polar surface area (TPSA) is 125 Å². The van der Waals surface area contributed by atoms with E-state index in [9.17, 15) is 24.6 Å². The number of carbonyl (C=O) groups excluding carboxylic acids is 3. The number of fused-ring (bicyclic) bond motifs is 3. The minimum absolute atomic E-state index is 0.0517. The molecule has 2 aliphatic carbocycles. The molecule has 9 nitrogen and oxygen atoms in total. The van der Waals surface area contributed by atoms with Crippen LogP contribution in [0.5, 0.6) is 11.5 Å². The van der Waals surface area contributed by atoms with Crippen LogP contribution < -0.4 is 14.8 Å². The van der Waals surface area contributed by atoms with Crippen LogP contribution in [0.25, 0.3) is 0 Å². The summed E-state index contributed by atoms with van der Waals surface area (Å²) in [4.78, 5) is 39.5. The molecule has 1 heterocycles. The number of carbonyl (C=O) groups is 3. The van der Waals surface area contributed by atoms with Crippen molar-refractivity contribution in [2.24, 2.45) is 5.92 Å². The first-order valence-electron chi connectivity index (χ1n) is 12.0. The zero-order chi connectivity index (χ0) is 25.1.